The first-order valence-corrected chi connectivity index (χ1v) is 9.34. The molecule has 0 aromatic carbocycles. The second kappa shape index (κ2) is 10.4. The molecule has 2 fully saturated rings. The zero-order valence-electron chi connectivity index (χ0n) is 13.9. The summed E-state index contributed by atoms with van der Waals surface area (Å²) in [5, 5.41) is 0. The third-order valence-electron chi connectivity index (χ3n) is 4.80. The number of hydrogen-bond donors (Lipinski definition) is 0. The summed E-state index contributed by atoms with van der Waals surface area (Å²) >= 11 is 0. The second-order valence-corrected chi connectivity index (χ2v) is 6.75. The molecule has 0 bridgehead atoms. The molecule has 1 heterocycles. The van der Waals surface area contributed by atoms with Crippen molar-refractivity contribution in [2.75, 3.05) is 6.61 Å². The SMILES string of the molecule is CCCCCC(/C=C/C1CCCCC1)OC1CCCCO1. The highest BCUT2D eigenvalue weighted by Crippen LogP contribution is 2.26. The Balaban J connectivity index is 1.79. The fraction of sp³-hybridized carbons (Fsp3) is 0.895. The number of allylic oxidation sites excluding steroid dienone is 1. The zero-order valence-corrected chi connectivity index (χ0v) is 13.9. The third kappa shape index (κ3) is 6.97. The molecule has 2 aliphatic rings. The van der Waals surface area contributed by atoms with Crippen LogP contribution in [0.3, 0.4) is 0 Å². The fourth-order valence-corrected chi connectivity index (χ4v) is 3.43. The zero-order chi connectivity index (χ0) is 14.8. The normalized spacial score (nSPS) is 26.2. The predicted molar refractivity (Wildman–Crippen MR) is 88.3 cm³/mol. The topological polar surface area (TPSA) is 18.5 Å². The molecule has 0 radical (unpaired) electrons. The van der Waals surface area contributed by atoms with Gasteiger partial charge in [-0.15, -0.1) is 0 Å². The van der Waals surface area contributed by atoms with E-state index in [9.17, 15) is 0 Å². The molecular weight excluding hydrogens is 260 g/mol. The van der Waals surface area contributed by atoms with Gasteiger partial charge in [0.05, 0.1) is 6.10 Å². The first-order valence-electron chi connectivity index (χ1n) is 9.34. The molecule has 0 spiro atoms. The minimum atomic E-state index is 0.0429. The van der Waals surface area contributed by atoms with Gasteiger partial charge in [-0.25, -0.2) is 0 Å². The maximum absolute atomic E-state index is 6.22. The molecule has 2 unspecified atom stereocenters. The van der Waals surface area contributed by atoms with Gasteiger partial charge in [0, 0.05) is 6.61 Å². The molecule has 1 saturated carbocycles. The molecule has 2 atom stereocenters. The quantitative estimate of drug-likeness (QED) is 0.427. The largest absolute Gasteiger partial charge is 0.353 e. The van der Waals surface area contributed by atoms with Crippen molar-refractivity contribution in [2.24, 2.45) is 5.92 Å². The Labute approximate surface area is 131 Å². The van der Waals surface area contributed by atoms with Crippen molar-refractivity contribution >= 4 is 0 Å². The van der Waals surface area contributed by atoms with E-state index in [1.54, 1.807) is 0 Å². The highest BCUT2D eigenvalue weighted by Gasteiger charge is 2.18. The predicted octanol–water partition coefficient (Wildman–Crippen LogP) is 5.62. The van der Waals surface area contributed by atoms with E-state index in [-0.39, 0.29) is 12.4 Å². The van der Waals surface area contributed by atoms with Crippen molar-refractivity contribution in [3.05, 3.63) is 12.2 Å². The average molecular weight is 294 g/mol. The second-order valence-electron chi connectivity index (χ2n) is 6.75. The van der Waals surface area contributed by atoms with E-state index in [1.165, 1.54) is 64.2 Å². The Kier molecular flexibility index (Phi) is 8.43. The number of hydrogen-bond acceptors (Lipinski definition) is 2. The van der Waals surface area contributed by atoms with Crippen LogP contribution >= 0.6 is 0 Å². The Morgan fingerprint density at radius 3 is 2.57 bits per heavy atom. The first-order chi connectivity index (χ1) is 10.4. The van der Waals surface area contributed by atoms with Gasteiger partial charge in [-0.2, -0.15) is 0 Å². The Morgan fingerprint density at radius 2 is 1.86 bits per heavy atom. The number of unbranched alkanes of at least 4 members (excludes halogenated alkanes) is 2. The maximum atomic E-state index is 6.22. The highest BCUT2D eigenvalue weighted by atomic mass is 16.7. The summed E-state index contributed by atoms with van der Waals surface area (Å²) in [6.07, 6.45) is 20.6. The van der Waals surface area contributed by atoms with Gasteiger partial charge in [0.15, 0.2) is 6.29 Å². The maximum Gasteiger partial charge on any atom is 0.158 e. The van der Waals surface area contributed by atoms with E-state index in [1.807, 2.05) is 0 Å². The van der Waals surface area contributed by atoms with Crippen LogP contribution in [0.1, 0.15) is 84.0 Å². The molecule has 1 aliphatic heterocycles. The number of rotatable bonds is 8. The molecule has 0 aromatic heterocycles. The van der Waals surface area contributed by atoms with Gasteiger partial charge >= 0.3 is 0 Å². The van der Waals surface area contributed by atoms with Crippen molar-refractivity contribution in [1.82, 2.24) is 0 Å². The Morgan fingerprint density at radius 1 is 1.05 bits per heavy atom. The van der Waals surface area contributed by atoms with Gasteiger partial charge < -0.3 is 9.47 Å². The molecule has 0 aromatic rings. The van der Waals surface area contributed by atoms with E-state index in [4.69, 9.17) is 9.47 Å². The molecule has 122 valence electrons. The fourth-order valence-electron chi connectivity index (χ4n) is 3.43. The molecule has 1 saturated heterocycles. The van der Waals surface area contributed by atoms with Crippen LogP contribution in [0.15, 0.2) is 12.2 Å². The lowest BCUT2D eigenvalue weighted by Gasteiger charge is -2.27. The molecular formula is C19H34O2. The Bertz CT molecular complexity index is 275. The van der Waals surface area contributed by atoms with E-state index in [0.29, 0.717) is 0 Å². The van der Waals surface area contributed by atoms with Crippen LogP contribution < -0.4 is 0 Å². The summed E-state index contributed by atoms with van der Waals surface area (Å²) in [5.74, 6) is 0.795. The van der Waals surface area contributed by atoms with Crippen LogP contribution in [-0.2, 0) is 9.47 Å². The van der Waals surface area contributed by atoms with Gasteiger partial charge in [0.2, 0.25) is 0 Å². The van der Waals surface area contributed by atoms with Crippen LogP contribution in [0, 0.1) is 5.92 Å². The molecule has 1 aliphatic carbocycles. The van der Waals surface area contributed by atoms with Gasteiger partial charge in [0.25, 0.3) is 0 Å². The van der Waals surface area contributed by atoms with Gasteiger partial charge in [-0.1, -0.05) is 57.6 Å². The minimum absolute atomic E-state index is 0.0429. The minimum Gasteiger partial charge on any atom is -0.353 e. The molecule has 21 heavy (non-hydrogen) atoms. The molecule has 2 rings (SSSR count). The van der Waals surface area contributed by atoms with Crippen LogP contribution in [0.5, 0.6) is 0 Å². The third-order valence-corrected chi connectivity index (χ3v) is 4.80. The Hall–Kier alpha value is -0.340. The van der Waals surface area contributed by atoms with E-state index in [2.05, 4.69) is 19.1 Å². The summed E-state index contributed by atoms with van der Waals surface area (Å²) in [6.45, 7) is 3.14. The lowest BCUT2D eigenvalue weighted by Crippen LogP contribution is -2.27. The summed E-state index contributed by atoms with van der Waals surface area (Å²) < 4.78 is 12.0. The highest BCUT2D eigenvalue weighted by molar-refractivity contribution is 4.95. The lowest BCUT2D eigenvalue weighted by atomic mass is 9.88. The monoisotopic (exact) mass is 294 g/mol. The van der Waals surface area contributed by atoms with Gasteiger partial charge in [-0.3, -0.25) is 0 Å². The molecule has 0 amide bonds. The summed E-state index contributed by atoms with van der Waals surface area (Å²) in [6, 6.07) is 0. The molecule has 2 nitrogen and oxygen atoms in total. The summed E-state index contributed by atoms with van der Waals surface area (Å²) in [4.78, 5) is 0. The number of ether oxygens (including phenoxy) is 2. The van der Waals surface area contributed by atoms with Crippen LogP contribution in [0.2, 0.25) is 0 Å². The molecule has 2 heteroatoms. The molecule has 0 N–H and O–H groups in total. The van der Waals surface area contributed by atoms with Gasteiger partial charge in [-0.05, 0) is 44.4 Å². The summed E-state index contributed by atoms with van der Waals surface area (Å²) in [7, 11) is 0. The first kappa shape index (κ1) is 17.0. The van der Waals surface area contributed by atoms with Crippen LogP contribution in [0.4, 0.5) is 0 Å². The van der Waals surface area contributed by atoms with Crippen LogP contribution in [0.25, 0.3) is 0 Å². The standard InChI is InChI=1S/C19H34O2/c1-2-3-5-12-18(21-19-13-8-9-16-20-19)15-14-17-10-6-4-7-11-17/h14-15,17-19H,2-13,16H2,1H3/b15-14+. The van der Waals surface area contributed by atoms with Crippen molar-refractivity contribution < 1.29 is 9.47 Å². The lowest BCUT2D eigenvalue weighted by molar-refractivity contribution is -0.179. The average Bonchev–Trinajstić information content (AvgIpc) is 2.54. The van der Waals surface area contributed by atoms with Crippen molar-refractivity contribution in [3.63, 3.8) is 0 Å². The van der Waals surface area contributed by atoms with E-state index < -0.39 is 0 Å². The van der Waals surface area contributed by atoms with E-state index in [0.717, 1.165) is 25.4 Å². The van der Waals surface area contributed by atoms with Crippen molar-refractivity contribution in [2.45, 2.75) is 96.4 Å². The van der Waals surface area contributed by atoms with E-state index >= 15 is 0 Å². The van der Waals surface area contributed by atoms with Crippen molar-refractivity contribution in [1.29, 1.82) is 0 Å². The van der Waals surface area contributed by atoms with Gasteiger partial charge in [0.1, 0.15) is 0 Å². The summed E-state index contributed by atoms with van der Waals surface area (Å²) in [5.41, 5.74) is 0. The van der Waals surface area contributed by atoms with Crippen LogP contribution in [-0.4, -0.2) is 19.0 Å². The van der Waals surface area contributed by atoms with Crippen molar-refractivity contribution in [3.8, 4) is 0 Å². The smallest absolute Gasteiger partial charge is 0.158 e.